The molecule has 4 aliphatic carbocycles. The molecule has 3 fully saturated rings. The Morgan fingerprint density at radius 1 is 0.520 bits per heavy atom. The van der Waals surface area contributed by atoms with Crippen LogP contribution in [0.3, 0.4) is 0 Å². The predicted octanol–water partition coefficient (Wildman–Crippen LogP) is 7.51. The van der Waals surface area contributed by atoms with Gasteiger partial charge in [0, 0.05) is 10.8 Å². The maximum atomic E-state index is 2.42. The number of fused-ring (bicyclic) bond motifs is 3. The molecule has 4 aliphatic rings. The van der Waals surface area contributed by atoms with Gasteiger partial charge in [-0.2, -0.15) is 0 Å². The lowest BCUT2D eigenvalue weighted by molar-refractivity contribution is 0.183. The first-order chi connectivity index (χ1) is 12.4. The largest absolute Gasteiger partial charge is 0.0683 e. The smallest absolute Gasteiger partial charge is 0.0127 e. The summed E-state index contributed by atoms with van der Waals surface area (Å²) in [5.41, 5.74) is 8.17. The standard InChI is InChI=1S/C19H16.3C2H6/c1-3-7-15-13(5-1)14-6-2-4-8-16(14)19-12-10-17(19)9-11-18(15,17)19;3*1-2/h1-8H,9-12H2;3*1-2H3/t17?,18-,19-;;;/m0.../s1. The molecule has 0 saturated heterocycles. The Hall–Kier alpha value is -1.56. The maximum absolute atomic E-state index is 2.42. The van der Waals surface area contributed by atoms with Gasteiger partial charge >= 0.3 is 0 Å². The third-order valence-electron chi connectivity index (χ3n) is 7.22. The fourth-order valence-corrected chi connectivity index (χ4v) is 6.61. The summed E-state index contributed by atoms with van der Waals surface area (Å²) in [5.74, 6) is 0. The van der Waals surface area contributed by atoms with Crippen molar-refractivity contribution in [1.29, 1.82) is 0 Å². The average molecular weight is 335 g/mol. The second-order valence-electron chi connectivity index (χ2n) is 6.98. The van der Waals surface area contributed by atoms with Gasteiger partial charge in [0.05, 0.1) is 0 Å². The van der Waals surface area contributed by atoms with Crippen LogP contribution in [0, 0.1) is 5.41 Å². The highest BCUT2D eigenvalue weighted by Gasteiger charge is 2.96. The van der Waals surface area contributed by atoms with E-state index >= 15 is 0 Å². The first-order valence-electron chi connectivity index (χ1n) is 10.6. The molecule has 0 radical (unpaired) electrons. The minimum absolute atomic E-state index is 0.547. The Morgan fingerprint density at radius 3 is 1.20 bits per heavy atom. The number of benzene rings is 2. The van der Waals surface area contributed by atoms with Gasteiger partial charge in [-0.1, -0.05) is 90.1 Å². The van der Waals surface area contributed by atoms with Crippen molar-refractivity contribution in [2.24, 2.45) is 5.41 Å². The van der Waals surface area contributed by atoms with Crippen molar-refractivity contribution in [3.8, 4) is 11.1 Å². The Labute approximate surface area is 154 Å². The molecular weight excluding hydrogens is 300 g/mol. The maximum Gasteiger partial charge on any atom is 0.0127 e. The van der Waals surface area contributed by atoms with E-state index in [2.05, 4.69) is 48.5 Å². The van der Waals surface area contributed by atoms with Gasteiger partial charge in [-0.25, -0.2) is 0 Å². The SMILES string of the molecule is CC.CC.CC.c1ccc2c(c1)-c1ccccc1[C@@]13CCC14CC[C@]243. The third kappa shape index (κ3) is 1.65. The summed E-state index contributed by atoms with van der Waals surface area (Å²) in [5, 5.41) is 0. The lowest BCUT2D eigenvalue weighted by atomic mass is 9.66. The summed E-state index contributed by atoms with van der Waals surface area (Å²) in [6, 6.07) is 18.5. The zero-order valence-corrected chi connectivity index (χ0v) is 16.9. The predicted molar refractivity (Wildman–Crippen MR) is 110 cm³/mol. The molecule has 0 N–H and O–H groups in total. The van der Waals surface area contributed by atoms with Crippen molar-refractivity contribution in [3.63, 3.8) is 0 Å². The fourth-order valence-electron chi connectivity index (χ4n) is 6.61. The number of hydrogen-bond donors (Lipinski definition) is 0. The Kier molecular flexibility index (Phi) is 4.60. The molecule has 0 heterocycles. The topological polar surface area (TPSA) is 0 Å². The summed E-state index contributed by atoms with van der Waals surface area (Å²) in [6.07, 6.45) is 5.79. The zero-order chi connectivity index (χ0) is 18.3. The van der Waals surface area contributed by atoms with Gasteiger partial charge in [-0.15, -0.1) is 0 Å². The van der Waals surface area contributed by atoms with Crippen LogP contribution in [0.5, 0.6) is 0 Å². The van der Waals surface area contributed by atoms with Gasteiger partial charge in [-0.05, 0) is 53.4 Å². The minimum atomic E-state index is 0.547. The second kappa shape index (κ2) is 6.31. The molecule has 2 atom stereocenters. The Balaban J connectivity index is 0.000000279. The molecule has 3 saturated carbocycles. The summed E-state index contributed by atoms with van der Waals surface area (Å²) in [6.45, 7) is 12.0. The molecule has 6 rings (SSSR count). The molecule has 0 aliphatic heterocycles. The molecule has 25 heavy (non-hydrogen) atoms. The van der Waals surface area contributed by atoms with Gasteiger partial charge in [0.15, 0.2) is 0 Å². The number of hydrogen-bond acceptors (Lipinski definition) is 0. The quantitative estimate of drug-likeness (QED) is 0.467. The molecule has 2 aromatic carbocycles. The second-order valence-corrected chi connectivity index (χ2v) is 6.98. The van der Waals surface area contributed by atoms with E-state index in [9.17, 15) is 0 Å². The summed E-state index contributed by atoms with van der Waals surface area (Å²) in [7, 11) is 0. The van der Waals surface area contributed by atoms with Crippen LogP contribution in [-0.2, 0) is 10.8 Å². The van der Waals surface area contributed by atoms with E-state index in [-0.39, 0.29) is 0 Å². The van der Waals surface area contributed by atoms with Gasteiger partial charge < -0.3 is 0 Å². The fraction of sp³-hybridized carbons (Fsp3) is 0.520. The van der Waals surface area contributed by atoms with E-state index in [1.165, 1.54) is 36.8 Å². The summed E-state index contributed by atoms with van der Waals surface area (Å²) >= 11 is 0. The van der Waals surface area contributed by atoms with Crippen LogP contribution in [0.15, 0.2) is 48.5 Å². The lowest BCUT2D eigenvalue weighted by Gasteiger charge is -2.37. The van der Waals surface area contributed by atoms with Crippen LogP contribution < -0.4 is 0 Å². The van der Waals surface area contributed by atoms with E-state index in [0.717, 1.165) is 0 Å². The molecule has 0 nitrogen and oxygen atoms in total. The molecule has 0 bridgehead atoms. The van der Waals surface area contributed by atoms with Crippen LogP contribution in [0.4, 0.5) is 0 Å². The minimum Gasteiger partial charge on any atom is -0.0683 e. The van der Waals surface area contributed by atoms with Crippen LogP contribution in [-0.4, -0.2) is 0 Å². The Morgan fingerprint density at radius 2 is 0.880 bits per heavy atom. The normalized spacial score (nSPS) is 33.0. The molecule has 2 aromatic rings. The Bertz CT molecular complexity index is 691. The molecule has 0 unspecified atom stereocenters. The summed E-state index contributed by atoms with van der Waals surface area (Å²) < 4.78 is 0. The molecule has 3 spiro atoms. The van der Waals surface area contributed by atoms with E-state index in [4.69, 9.17) is 0 Å². The van der Waals surface area contributed by atoms with Gasteiger partial charge in [-0.3, -0.25) is 0 Å². The van der Waals surface area contributed by atoms with Gasteiger partial charge in [0.1, 0.15) is 0 Å². The lowest BCUT2D eigenvalue weighted by Crippen LogP contribution is -2.30. The van der Waals surface area contributed by atoms with E-state index in [1.807, 2.05) is 41.5 Å². The van der Waals surface area contributed by atoms with Crippen LogP contribution in [0.1, 0.15) is 78.4 Å². The summed E-state index contributed by atoms with van der Waals surface area (Å²) in [4.78, 5) is 0. The monoisotopic (exact) mass is 334 g/mol. The molecule has 0 aromatic heterocycles. The van der Waals surface area contributed by atoms with Crippen molar-refractivity contribution in [2.75, 3.05) is 0 Å². The molecule has 0 amide bonds. The molecule has 134 valence electrons. The van der Waals surface area contributed by atoms with Crippen molar-refractivity contribution in [3.05, 3.63) is 59.7 Å². The molecule has 0 heteroatoms. The van der Waals surface area contributed by atoms with Crippen molar-refractivity contribution in [1.82, 2.24) is 0 Å². The van der Waals surface area contributed by atoms with Crippen LogP contribution >= 0.6 is 0 Å². The average Bonchev–Trinajstić information content (AvgIpc) is 2.96. The highest BCUT2D eigenvalue weighted by atomic mass is 15.0. The van der Waals surface area contributed by atoms with Crippen molar-refractivity contribution in [2.45, 2.75) is 78.1 Å². The van der Waals surface area contributed by atoms with Gasteiger partial charge in [0.25, 0.3) is 0 Å². The molecular formula is C25H34. The van der Waals surface area contributed by atoms with Crippen LogP contribution in [0.25, 0.3) is 11.1 Å². The zero-order valence-electron chi connectivity index (χ0n) is 16.9. The van der Waals surface area contributed by atoms with Gasteiger partial charge in [0.2, 0.25) is 0 Å². The van der Waals surface area contributed by atoms with E-state index in [1.54, 1.807) is 11.1 Å². The van der Waals surface area contributed by atoms with Crippen LogP contribution in [0.2, 0.25) is 0 Å². The third-order valence-corrected chi connectivity index (χ3v) is 7.22. The van der Waals surface area contributed by atoms with Crippen molar-refractivity contribution >= 4 is 0 Å². The highest BCUT2D eigenvalue weighted by molar-refractivity contribution is 5.85. The van der Waals surface area contributed by atoms with Crippen molar-refractivity contribution < 1.29 is 0 Å². The highest BCUT2D eigenvalue weighted by Crippen LogP contribution is 2.99. The van der Waals surface area contributed by atoms with E-state index < -0.39 is 0 Å². The first-order valence-corrected chi connectivity index (χ1v) is 10.6. The first kappa shape index (κ1) is 18.2. The van der Waals surface area contributed by atoms with E-state index in [0.29, 0.717) is 16.2 Å². The number of rotatable bonds is 0.